The van der Waals surface area contributed by atoms with Crippen LogP contribution in [0.1, 0.15) is 0 Å². The third-order valence-corrected chi connectivity index (χ3v) is 16.6. The normalized spacial score (nSPS) is 11.9. The van der Waals surface area contributed by atoms with Gasteiger partial charge in [0.15, 0.2) is 8.07 Å². The Morgan fingerprint density at radius 1 is 0.246 bits per heavy atom. The maximum Gasteiger partial charge on any atom is 0.179 e. The summed E-state index contributed by atoms with van der Waals surface area (Å²) in [7, 11) is -2.71. The highest BCUT2D eigenvalue weighted by Crippen LogP contribution is 2.38. The SMILES string of the molecule is c1ccc(-c2ccc3c4cc(-n5c6ccccc6c6cc([Si](c7ccccc7)(c7ccccc7)c7ccccc7)ccc65)ccc4n(-c4ccccc4)c3c2)cc1. The van der Waals surface area contributed by atoms with Crippen molar-refractivity contribution in [3.63, 3.8) is 0 Å². The van der Waals surface area contributed by atoms with Crippen LogP contribution in [0.5, 0.6) is 0 Å². The van der Waals surface area contributed by atoms with E-state index in [-0.39, 0.29) is 0 Å². The predicted octanol–water partition coefficient (Wildman–Crippen LogP) is 10.9. The Balaban J connectivity index is 1.16. The zero-order valence-electron chi connectivity index (χ0n) is 31.3. The highest BCUT2D eigenvalue weighted by atomic mass is 28.3. The molecule has 2 heterocycles. The van der Waals surface area contributed by atoms with Crippen molar-refractivity contribution >= 4 is 72.4 Å². The first-order valence-corrected chi connectivity index (χ1v) is 21.7. The third-order valence-electron chi connectivity index (χ3n) is 11.9. The second-order valence-corrected chi connectivity index (χ2v) is 18.7. The van der Waals surface area contributed by atoms with Crippen molar-refractivity contribution in [1.29, 1.82) is 0 Å². The van der Waals surface area contributed by atoms with Gasteiger partial charge in [0, 0.05) is 32.9 Å². The molecule has 0 atom stereocenters. The summed E-state index contributed by atoms with van der Waals surface area (Å²) in [4.78, 5) is 0. The number of hydrogen-bond donors (Lipinski definition) is 0. The fourth-order valence-corrected chi connectivity index (χ4v) is 14.1. The lowest BCUT2D eigenvalue weighted by molar-refractivity contribution is 1.17. The van der Waals surface area contributed by atoms with Crippen LogP contribution in [0.15, 0.2) is 231 Å². The Kier molecular flexibility index (Phi) is 7.87. The summed E-state index contributed by atoms with van der Waals surface area (Å²) >= 11 is 0. The smallest absolute Gasteiger partial charge is 0.179 e. The summed E-state index contributed by atoms with van der Waals surface area (Å²) in [6.07, 6.45) is 0. The predicted molar refractivity (Wildman–Crippen MR) is 244 cm³/mol. The minimum absolute atomic E-state index is 1.15. The zero-order valence-corrected chi connectivity index (χ0v) is 32.3. The highest BCUT2D eigenvalue weighted by Gasteiger charge is 2.41. The molecule has 0 saturated carbocycles. The number of benzene rings is 9. The van der Waals surface area contributed by atoms with Gasteiger partial charge in [0.25, 0.3) is 0 Å². The monoisotopic (exact) mass is 742 g/mol. The maximum absolute atomic E-state index is 2.71. The van der Waals surface area contributed by atoms with Crippen molar-refractivity contribution in [3.05, 3.63) is 231 Å². The van der Waals surface area contributed by atoms with E-state index < -0.39 is 8.07 Å². The lowest BCUT2D eigenvalue weighted by Gasteiger charge is -2.34. The molecule has 2 aromatic heterocycles. The van der Waals surface area contributed by atoms with Crippen molar-refractivity contribution in [2.75, 3.05) is 0 Å². The van der Waals surface area contributed by atoms with Crippen molar-refractivity contribution < 1.29 is 0 Å². The van der Waals surface area contributed by atoms with Gasteiger partial charge in [-0.1, -0.05) is 182 Å². The number of fused-ring (bicyclic) bond motifs is 6. The first-order chi connectivity index (χ1) is 28.3. The molecule has 0 aliphatic carbocycles. The summed E-state index contributed by atoms with van der Waals surface area (Å²) in [6, 6.07) is 85.2. The number of rotatable bonds is 7. The van der Waals surface area contributed by atoms with Crippen molar-refractivity contribution in [2.24, 2.45) is 0 Å². The Morgan fingerprint density at radius 2 is 0.719 bits per heavy atom. The van der Waals surface area contributed by atoms with Crippen LogP contribution in [-0.4, -0.2) is 17.2 Å². The third kappa shape index (κ3) is 5.24. The lowest BCUT2D eigenvalue weighted by Crippen LogP contribution is -2.74. The minimum Gasteiger partial charge on any atom is -0.309 e. The second kappa shape index (κ2) is 13.5. The molecule has 0 unspecified atom stereocenters. The van der Waals surface area contributed by atoms with Crippen LogP contribution in [0, 0.1) is 0 Å². The zero-order chi connectivity index (χ0) is 37.8. The molecule has 0 saturated heterocycles. The molecular weight excluding hydrogens is 705 g/mol. The molecule has 9 aromatic carbocycles. The standard InChI is InChI=1S/C54H38N2Si/c1-6-18-39(19-7-1)40-30-33-48-49-37-42(31-34-52(49)55(54(48)36-40)41-20-8-2-9-21-41)56-51-29-17-16-28-47(51)50-38-46(32-35-53(50)56)57(43-22-10-3-11-23-43,44-24-12-4-13-25-44)45-26-14-5-15-27-45/h1-38H. The Labute approximate surface area is 333 Å². The Bertz CT molecular complexity index is 3110. The highest BCUT2D eigenvalue weighted by molar-refractivity contribution is 7.20. The number of hydrogen-bond acceptors (Lipinski definition) is 0. The molecule has 2 nitrogen and oxygen atoms in total. The van der Waals surface area contributed by atoms with Gasteiger partial charge in [-0.3, -0.25) is 0 Å². The molecule has 0 aliphatic heterocycles. The molecule has 0 radical (unpaired) electrons. The van der Waals surface area contributed by atoms with Crippen LogP contribution in [0.3, 0.4) is 0 Å². The van der Waals surface area contributed by atoms with Gasteiger partial charge < -0.3 is 9.13 Å². The van der Waals surface area contributed by atoms with Crippen LogP contribution in [0.25, 0.3) is 66.1 Å². The summed E-state index contributed by atoms with van der Waals surface area (Å²) in [5.41, 5.74) is 9.53. The van der Waals surface area contributed by atoms with Gasteiger partial charge in [0.1, 0.15) is 0 Å². The molecule has 0 amide bonds. The van der Waals surface area contributed by atoms with Crippen molar-refractivity contribution in [3.8, 4) is 22.5 Å². The van der Waals surface area contributed by atoms with Gasteiger partial charge >= 0.3 is 0 Å². The molecule has 0 fully saturated rings. The molecule has 0 aliphatic rings. The summed E-state index contributed by atoms with van der Waals surface area (Å²) in [6.45, 7) is 0. The average molecular weight is 743 g/mol. The molecule has 0 N–H and O–H groups in total. The van der Waals surface area contributed by atoms with Crippen LogP contribution < -0.4 is 20.7 Å². The van der Waals surface area contributed by atoms with E-state index in [9.17, 15) is 0 Å². The average Bonchev–Trinajstić information content (AvgIpc) is 3.80. The fraction of sp³-hybridized carbons (Fsp3) is 0. The van der Waals surface area contributed by atoms with Gasteiger partial charge in [-0.25, -0.2) is 0 Å². The first-order valence-electron chi connectivity index (χ1n) is 19.7. The second-order valence-electron chi connectivity index (χ2n) is 14.9. The van der Waals surface area contributed by atoms with Crippen molar-refractivity contribution in [1.82, 2.24) is 9.13 Å². The quantitative estimate of drug-likeness (QED) is 0.114. The number of nitrogens with zero attached hydrogens (tertiary/aromatic N) is 2. The van der Waals surface area contributed by atoms with E-state index in [1.807, 2.05) is 0 Å². The molecular formula is C54H38N2Si. The van der Waals surface area contributed by atoms with E-state index in [2.05, 4.69) is 240 Å². The molecule has 0 spiro atoms. The Morgan fingerprint density at radius 3 is 1.35 bits per heavy atom. The molecule has 11 aromatic rings. The van der Waals surface area contributed by atoms with Crippen LogP contribution in [0.2, 0.25) is 0 Å². The van der Waals surface area contributed by atoms with E-state index >= 15 is 0 Å². The Hall–Kier alpha value is -7.20. The molecule has 57 heavy (non-hydrogen) atoms. The van der Waals surface area contributed by atoms with Gasteiger partial charge in [0.2, 0.25) is 0 Å². The summed E-state index contributed by atoms with van der Waals surface area (Å²) in [5, 5.41) is 10.5. The van der Waals surface area contributed by atoms with Gasteiger partial charge in [-0.05, 0) is 80.4 Å². The van der Waals surface area contributed by atoms with Gasteiger partial charge in [-0.2, -0.15) is 0 Å². The number of aromatic nitrogens is 2. The summed E-state index contributed by atoms with van der Waals surface area (Å²) < 4.78 is 4.88. The van der Waals surface area contributed by atoms with Crippen LogP contribution >= 0.6 is 0 Å². The minimum atomic E-state index is -2.71. The van der Waals surface area contributed by atoms with Crippen molar-refractivity contribution in [2.45, 2.75) is 0 Å². The molecule has 11 rings (SSSR count). The van der Waals surface area contributed by atoms with E-state index in [4.69, 9.17) is 0 Å². The van der Waals surface area contributed by atoms with E-state index in [1.165, 1.54) is 75.5 Å². The largest absolute Gasteiger partial charge is 0.309 e. The topological polar surface area (TPSA) is 9.86 Å². The first kappa shape index (κ1) is 33.2. The lowest BCUT2D eigenvalue weighted by atomic mass is 10.0. The molecule has 268 valence electrons. The fourth-order valence-electron chi connectivity index (χ4n) is 9.36. The van der Waals surface area contributed by atoms with E-state index in [1.54, 1.807) is 0 Å². The number of para-hydroxylation sites is 2. The van der Waals surface area contributed by atoms with Crippen LogP contribution in [0.4, 0.5) is 0 Å². The molecule has 0 bridgehead atoms. The van der Waals surface area contributed by atoms with E-state index in [0.29, 0.717) is 0 Å². The summed E-state index contributed by atoms with van der Waals surface area (Å²) in [5.74, 6) is 0. The van der Waals surface area contributed by atoms with E-state index in [0.717, 1.165) is 11.4 Å². The maximum atomic E-state index is 2.51. The van der Waals surface area contributed by atoms with Gasteiger partial charge in [-0.15, -0.1) is 0 Å². The van der Waals surface area contributed by atoms with Gasteiger partial charge in [0.05, 0.1) is 22.1 Å². The van der Waals surface area contributed by atoms with Crippen LogP contribution in [-0.2, 0) is 0 Å². The molecule has 3 heteroatoms.